The predicted octanol–water partition coefficient (Wildman–Crippen LogP) is 5.75. The summed E-state index contributed by atoms with van der Waals surface area (Å²) < 4.78 is 0. The molecule has 2 aromatic rings. The van der Waals surface area contributed by atoms with Crippen LogP contribution >= 0.6 is 16.4 Å². The zero-order valence-electron chi connectivity index (χ0n) is 10.2. The van der Waals surface area contributed by atoms with Gasteiger partial charge in [-0.05, 0) is 67.6 Å². The molecule has 0 fully saturated rings. The predicted molar refractivity (Wildman–Crippen MR) is 75.9 cm³/mol. The Morgan fingerprint density at radius 2 is 1.62 bits per heavy atom. The van der Waals surface area contributed by atoms with Crippen molar-refractivity contribution in [3.63, 3.8) is 0 Å². The van der Waals surface area contributed by atoms with Gasteiger partial charge in [-0.1, -0.05) is 22.5 Å². The minimum Gasteiger partial charge on any atom is -0.0672 e. The molecule has 0 saturated heterocycles. The van der Waals surface area contributed by atoms with E-state index in [0.29, 0.717) is 0 Å². The Hall–Kier alpha value is -0.700. The lowest BCUT2D eigenvalue weighted by Gasteiger charge is -2.09. The fourth-order valence-electron chi connectivity index (χ4n) is 1.64. The number of hydrogen-bond donors (Lipinski definition) is 0. The number of hydrogen-bond acceptors (Lipinski definition) is 0. The molecule has 0 amide bonds. The third kappa shape index (κ3) is 2.19. The molecular weight excluding hydrogens is 230 g/mol. The van der Waals surface area contributed by atoms with Crippen LogP contribution in [-0.2, 0) is 0 Å². The zero-order chi connectivity index (χ0) is 11.7. The highest BCUT2D eigenvalue weighted by Crippen LogP contribution is 2.38. The molecule has 0 unspecified atom stereocenters. The lowest BCUT2D eigenvalue weighted by molar-refractivity contribution is 1.36. The van der Waals surface area contributed by atoms with Gasteiger partial charge in [-0.2, -0.15) is 0 Å². The highest BCUT2D eigenvalue weighted by atomic mass is 31.0. The third-order valence-corrected chi connectivity index (χ3v) is 5.55. The van der Waals surface area contributed by atoms with Crippen LogP contribution in [0.25, 0.3) is 10.6 Å². The van der Waals surface area contributed by atoms with Crippen LogP contribution in [0, 0.1) is 27.7 Å². The van der Waals surface area contributed by atoms with Crippen LogP contribution in [0.3, 0.4) is 0 Å². The number of aryl methyl sites for hydroxylation is 3. The van der Waals surface area contributed by atoms with Gasteiger partial charge in [0.25, 0.3) is 0 Å². The van der Waals surface area contributed by atoms with Gasteiger partial charge < -0.3 is 0 Å². The van der Waals surface area contributed by atoms with Crippen molar-refractivity contribution in [2.24, 2.45) is 0 Å². The minimum absolute atomic E-state index is 1.34. The first-order valence-electron chi connectivity index (χ1n) is 5.45. The van der Waals surface area contributed by atoms with E-state index in [1.807, 2.05) is 0 Å². The molecule has 0 N–H and O–H groups in total. The largest absolute Gasteiger partial charge is 0.0672 e. The Bertz CT molecular complexity index is 530. The second-order valence-electron chi connectivity index (χ2n) is 4.26. The van der Waals surface area contributed by atoms with Crippen LogP contribution in [-0.4, -0.2) is 0 Å². The minimum atomic E-state index is 1.34. The molecule has 2 heterocycles. The van der Waals surface area contributed by atoms with Gasteiger partial charge in [0, 0.05) is 10.6 Å². The monoisotopic (exact) mass is 246 g/mol. The Morgan fingerprint density at radius 1 is 0.875 bits per heavy atom. The van der Waals surface area contributed by atoms with Gasteiger partial charge in [-0.25, -0.2) is 0 Å². The maximum absolute atomic E-state index is 2.34. The van der Waals surface area contributed by atoms with E-state index in [9.17, 15) is 0 Å². The van der Waals surface area contributed by atoms with E-state index in [1.54, 1.807) is 0 Å². The summed E-state index contributed by atoms with van der Waals surface area (Å²) in [6, 6.07) is 4.56. The van der Waals surface area contributed by atoms with Crippen molar-refractivity contribution < 1.29 is 0 Å². The van der Waals surface area contributed by atoms with Gasteiger partial charge in [0.15, 0.2) is 0 Å². The van der Waals surface area contributed by atoms with Crippen LogP contribution < -0.4 is 0 Å². The van der Waals surface area contributed by atoms with E-state index in [2.05, 4.69) is 51.4 Å². The Balaban J connectivity index is 2.59. The maximum Gasteiger partial charge on any atom is 0.0168 e. The quantitative estimate of drug-likeness (QED) is 0.601. The van der Waals surface area contributed by atoms with E-state index in [1.165, 1.54) is 49.2 Å². The molecule has 16 heavy (non-hydrogen) atoms. The van der Waals surface area contributed by atoms with E-state index < -0.39 is 0 Å². The molecule has 0 aromatic carbocycles. The molecule has 2 rings (SSSR count). The molecule has 0 aliphatic carbocycles. The van der Waals surface area contributed by atoms with Crippen molar-refractivity contribution in [1.82, 2.24) is 0 Å². The molecule has 0 atom stereocenters. The number of rotatable bonds is 1. The highest BCUT2D eigenvalue weighted by molar-refractivity contribution is 7.39. The molecule has 82 valence electrons. The first-order valence-corrected chi connectivity index (χ1v) is 7.38. The first kappa shape index (κ1) is 11.8. The first-order chi connectivity index (χ1) is 7.59. The van der Waals surface area contributed by atoms with Crippen molar-refractivity contribution in [2.45, 2.75) is 27.7 Å². The van der Waals surface area contributed by atoms with Crippen molar-refractivity contribution in [2.75, 3.05) is 0 Å². The SMILES string of the molecule is Cc1cpc(-c2pccc(C)c2C)cc1C. The molecule has 0 aliphatic rings. The average Bonchev–Trinajstić information content (AvgIpc) is 2.26. The van der Waals surface area contributed by atoms with E-state index >= 15 is 0 Å². The maximum atomic E-state index is 2.34. The van der Waals surface area contributed by atoms with Gasteiger partial charge in [0.1, 0.15) is 0 Å². The third-order valence-electron chi connectivity index (χ3n) is 3.09. The summed E-state index contributed by atoms with van der Waals surface area (Å²) >= 11 is 0. The summed E-state index contributed by atoms with van der Waals surface area (Å²) in [6.45, 7) is 8.81. The van der Waals surface area contributed by atoms with Gasteiger partial charge in [-0.15, -0.1) is 0 Å². The Labute approximate surface area is 101 Å². The molecule has 0 nitrogen and oxygen atoms in total. The van der Waals surface area contributed by atoms with Crippen LogP contribution in [0.15, 0.2) is 23.7 Å². The molecule has 2 aromatic heterocycles. The van der Waals surface area contributed by atoms with Gasteiger partial charge in [0.05, 0.1) is 0 Å². The summed E-state index contributed by atoms with van der Waals surface area (Å²) in [5.41, 5.74) is 5.65. The molecular formula is C14H16P2. The normalized spacial score (nSPS) is 11.5. The summed E-state index contributed by atoms with van der Waals surface area (Å²) in [7, 11) is 2.68. The van der Waals surface area contributed by atoms with Crippen LogP contribution in [0.1, 0.15) is 22.3 Å². The Kier molecular flexibility index (Phi) is 3.43. The van der Waals surface area contributed by atoms with E-state index in [0.717, 1.165) is 0 Å². The molecule has 0 radical (unpaired) electrons. The molecule has 0 spiro atoms. The van der Waals surface area contributed by atoms with Crippen molar-refractivity contribution >= 4 is 16.4 Å². The fraction of sp³-hybridized carbons (Fsp3) is 0.286. The van der Waals surface area contributed by atoms with Gasteiger partial charge in [-0.3, -0.25) is 0 Å². The van der Waals surface area contributed by atoms with Crippen molar-refractivity contribution in [3.05, 3.63) is 46.0 Å². The molecule has 2 heteroatoms. The summed E-state index contributed by atoms with van der Waals surface area (Å²) in [6.07, 6.45) is 0. The average molecular weight is 246 g/mol. The fourth-order valence-corrected chi connectivity index (χ4v) is 4.10. The van der Waals surface area contributed by atoms with Crippen molar-refractivity contribution in [1.29, 1.82) is 0 Å². The van der Waals surface area contributed by atoms with Crippen LogP contribution in [0.2, 0.25) is 0 Å². The highest BCUT2D eigenvalue weighted by Gasteiger charge is 2.05. The van der Waals surface area contributed by atoms with Gasteiger partial charge in [0.2, 0.25) is 0 Å². The zero-order valence-corrected chi connectivity index (χ0v) is 12.0. The van der Waals surface area contributed by atoms with E-state index in [-0.39, 0.29) is 0 Å². The second kappa shape index (κ2) is 4.66. The topological polar surface area (TPSA) is 0 Å². The summed E-state index contributed by atoms with van der Waals surface area (Å²) in [5, 5.41) is 2.95. The molecule has 0 saturated carbocycles. The smallest absolute Gasteiger partial charge is 0.0168 e. The van der Waals surface area contributed by atoms with Crippen LogP contribution in [0.5, 0.6) is 0 Å². The molecule has 0 bridgehead atoms. The standard InChI is InChI=1S/C14H16P2/c1-9-5-6-15-14(12(9)4)13-7-10(2)11(3)8-16-13/h5-8H,1-4H3. The Morgan fingerprint density at radius 3 is 2.31 bits per heavy atom. The van der Waals surface area contributed by atoms with E-state index in [4.69, 9.17) is 0 Å². The van der Waals surface area contributed by atoms with Crippen molar-refractivity contribution in [3.8, 4) is 10.6 Å². The summed E-state index contributed by atoms with van der Waals surface area (Å²) in [4.78, 5) is 0. The molecule has 0 aliphatic heterocycles. The summed E-state index contributed by atoms with van der Waals surface area (Å²) in [5.74, 6) is 4.56. The van der Waals surface area contributed by atoms with Crippen LogP contribution in [0.4, 0.5) is 0 Å². The lowest BCUT2D eigenvalue weighted by atomic mass is 10.1. The lowest BCUT2D eigenvalue weighted by Crippen LogP contribution is -1.83. The van der Waals surface area contributed by atoms with Gasteiger partial charge >= 0.3 is 0 Å². The second-order valence-corrected chi connectivity index (χ2v) is 6.26.